The molecule has 0 saturated carbocycles. The molecular formula is C26H26ClN5O4. The van der Waals surface area contributed by atoms with Crippen LogP contribution >= 0.6 is 11.6 Å². The molecule has 0 unspecified atom stereocenters. The second-order valence-electron chi connectivity index (χ2n) is 9.05. The maximum absolute atomic E-state index is 13.5. The Labute approximate surface area is 212 Å². The van der Waals surface area contributed by atoms with Gasteiger partial charge in [-0.25, -0.2) is 9.67 Å². The molecule has 0 atom stereocenters. The highest BCUT2D eigenvalue weighted by molar-refractivity contribution is 6.38. The number of pyridine rings is 2. The van der Waals surface area contributed by atoms with Gasteiger partial charge in [0.15, 0.2) is 17.1 Å². The highest BCUT2D eigenvalue weighted by Crippen LogP contribution is 2.39. The molecule has 0 aliphatic carbocycles. The number of benzene rings is 1. The number of amides is 1. The van der Waals surface area contributed by atoms with Crippen molar-refractivity contribution >= 4 is 28.5 Å². The molecule has 1 aromatic carbocycles. The number of aromatic nitrogens is 4. The van der Waals surface area contributed by atoms with Crippen molar-refractivity contribution < 1.29 is 14.3 Å². The van der Waals surface area contributed by atoms with E-state index in [2.05, 4.69) is 15.4 Å². The van der Waals surface area contributed by atoms with Crippen LogP contribution in [0.15, 0.2) is 35.3 Å². The van der Waals surface area contributed by atoms with E-state index >= 15 is 0 Å². The van der Waals surface area contributed by atoms with Gasteiger partial charge in [-0.1, -0.05) is 11.6 Å². The number of hydrogen-bond acceptors (Lipinski definition) is 6. The lowest BCUT2D eigenvalue weighted by Gasteiger charge is -2.19. The first kappa shape index (κ1) is 23.9. The summed E-state index contributed by atoms with van der Waals surface area (Å²) < 4.78 is 13.1. The van der Waals surface area contributed by atoms with Gasteiger partial charge in [0.1, 0.15) is 13.2 Å². The Hall–Kier alpha value is -3.85. The van der Waals surface area contributed by atoms with E-state index in [1.807, 2.05) is 45.9 Å². The molecule has 3 aromatic heterocycles. The third-order valence-corrected chi connectivity index (χ3v) is 6.50. The standard InChI is InChI=1S/C26H26ClN5O4/c1-13(2)32-24-18(12-29-32)21(26(34)28-11-17-14(3)9-15(4)30-25(17)33)22(27)23(31-24)16-5-6-19-20(10-16)36-8-7-35-19/h5-6,9-10,12-13H,7-8,11H2,1-4H3,(H,28,34)(H,30,33). The summed E-state index contributed by atoms with van der Waals surface area (Å²) >= 11 is 6.85. The summed E-state index contributed by atoms with van der Waals surface area (Å²) in [5.74, 6) is 0.814. The molecule has 1 amide bonds. The maximum atomic E-state index is 13.5. The summed E-state index contributed by atoms with van der Waals surface area (Å²) in [6.07, 6.45) is 1.60. The highest BCUT2D eigenvalue weighted by Gasteiger charge is 2.25. The van der Waals surface area contributed by atoms with E-state index in [1.165, 1.54) is 0 Å². The number of carbonyl (C=O) groups excluding carboxylic acids is 1. The van der Waals surface area contributed by atoms with Gasteiger partial charge >= 0.3 is 0 Å². The van der Waals surface area contributed by atoms with Crippen molar-refractivity contribution in [1.82, 2.24) is 25.1 Å². The molecular weight excluding hydrogens is 482 g/mol. The number of hydrogen-bond donors (Lipinski definition) is 2. The Bertz CT molecular complexity index is 1560. The largest absolute Gasteiger partial charge is 0.486 e. The molecule has 0 saturated heterocycles. The molecule has 0 radical (unpaired) electrons. The van der Waals surface area contributed by atoms with Crippen molar-refractivity contribution in [2.45, 2.75) is 40.3 Å². The van der Waals surface area contributed by atoms with Crippen molar-refractivity contribution in [3.05, 3.63) is 68.2 Å². The number of nitrogens with zero attached hydrogens (tertiary/aromatic N) is 3. The molecule has 186 valence electrons. The van der Waals surface area contributed by atoms with Crippen molar-refractivity contribution in [3.63, 3.8) is 0 Å². The predicted molar refractivity (Wildman–Crippen MR) is 137 cm³/mol. The molecule has 5 rings (SSSR count). The lowest BCUT2D eigenvalue weighted by Crippen LogP contribution is -2.28. The number of aromatic amines is 1. The number of nitrogens with one attached hydrogen (secondary N) is 2. The number of carbonyl (C=O) groups is 1. The first-order chi connectivity index (χ1) is 17.2. The fourth-order valence-electron chi connectivity index (χ4n) is 4.38. The minimum absolute atomic E-state index is 0.00831. The molecule has 4 aromatic rings. The molecule has 0 bridgehead atoms. The topological polar surface area (TPSA) is 111 Å². The summed E-state index contributed by atoms with van der Waals surface area (Å²) in [6.45, 7) is 8.61. The Morgan fingerprint density at radius 2 is 1.94 bits per heavy atom. The van der Waals surface area contributed by atoms with Gasteiger partial charge in [0.05, 0.1) is 27.9 Å². The minimum atomic E-state index is -0.422. The molecule has 36 heavy (non-hydrogen) atoms. The molecule has 0 spiro atoms. The number of aryl methyl sites for hydroxylation is 2. The van der Waals surface area contributed by atoms with Gasteiger partial charge < -0.3 is 19.8 Å². The van der Waals surface area contributed by atoms with E-state index in [9.17, 15) is 9.59 Å². The van der Waals surface area contributed by atoms with Crippen molar-refractivity contribution in [2.24, 2.45) is 0 Å². The van der Waals surface area contributed by atoms with Gasteiger partial charge in [-0.2, -0.15) is 5.10 Å². The second kappa shape index (κ2) is 9.31. The van der Waals surface area contributed by atoms with Crippen LogP contribution in [0.2, 0.25) is 5.02 Å². The number of fused-ring (bicyclic) bond motifs is 2. The number of H-pyrrole nitrogens is 1. The van der Waals surface area contributed by atoms with Crippen LogP contribution in [-0.2, 0) is 6.54 Å². The van der Waals surface area contributed by atoms with Crippen molar-refractivity contribution in [1.29, 1.82) is 0 Å². The third-order valence-electron chi connectivity index (χ3n) is 6.13. The van der Waals surface area contributed by atoms with E-state index < -0.39 is 5.91 Å². The summed E-state index contributed by atoms with van der Waals surface area (Å²) in [4.78, 5) is 33.6. The molecule has 10 heteroatoms. The number of rotatable bonds is 5. The third kappa shape index (κ3) is 4.19. The molecule has 0 fully saturated rings. The Morgan fingerprint density at radius 1 is 1.19 bits per heavy atom. The van der Waals surface area contributed by atoms with Gasteiger partial charge in [-0.05, 0) is 57.5 Å². The monoisotopic (exact) mass is 507 g/mol. The van der Waals surface area contributed by atoms with Crippen LogP contribution in [0.3, 0.4) is 0 Å². The first-order valence-corrected chi connectivity index (χ1v) is 12.1. The van der Waals surface area contributed by atoms with Crippen LogP contribution in [0.5, 0.6) is 11.5 Å². The van der Waals surface area contributed by atoms with Crippen molar-refractivity contribution in [3.8, 4) is 22.8 Å². The van der Waals surface area contributed by atoms with Gasteiger partial charge in [0.25, 0.3) is 11.5 Å². The molecule has 9 nitrogen and oxygen atoms in total. The number of halogens is 1. The van der Waals surface area contributed by atoms with Crippen molar-refractivity contribution in [2.75, 3.05) is 13.2 Å². The maximum Gasteiger partial charge on any atom is 0.253 e. The summed E-state index contributed by atoms with van der Waals surface area (Å²) in [7, 11) is 0. The Balaban J connectivity index is 1.60. The van der Waals surface area contributed by atoms with Crippen LogP contribution in [0.4, 0.5) is 0 Å². The molecule has 4 heterocycles. The van der Waals surface area contributed by atoms with Gasteiger partial charge in [0, 0.05) is 29.4 Å². The van der Waals surface area contributed by atoms with Crippen LogP contribution in [0, 0.1) is 13.8 Å². The molecule has 2 N–H and O–H groups in total. The minimum Gasteiger partial charge on any atom is -0.486 e. The van der Waals surface area contributed by atoms with Crippen LogP contribution in [0.1, 0.15) is 47.1 Å². The zero-order valence-corrected chi connectivity index (χ0v) is 21.2. The second-order valence-corrected chi connectivity index (χ2v) is 9.43. The average molecular weight is 508 g/mol. The zero-order chi connectivity index (χ0) is 25.6. The van der Waals surface area contributed by atoms with Crippen LogP contribution in [-0.4, -0.2) is 38.9 Å². The predicted octanol–water partition coefficient (Wildman–Crippen LogP) is 4.34. The van der Waals surface area contributed by atoms with E-state index in [-0.39, 0.29) is 28.7 Å². The van der Waals surface area contributed by atoms with Gasteiger partial charge in [-0.15, -0.1) is 0 Å². The van der Waals surface area contributed by atoms with E-state index in [1.54, 1.807) is 16.9 Å². The molecule has 1 aliphatic heterocycles. The van der Waals surface area contributed by atoms with Gasteiger partial charge in [0.2, 0.25) is 0 Å². The fraction of sp³-hybridized carbons (Fsp3) is 0.308. The zero-order valence-electron chi connectivity index (χ0n) is 20.4. The number of ether oxygens (including phenoxy) is 2. The van der Waals surface area contributed by atoms with Gasteiger partial charge in [-0.3, -0.25) is 9.59 Å². The summed E-state index contributed by atoms with van der Waals surface area (Å²) in [5, 5.41) is 8.04. The Morgan fingerprint density at radius 3 is 2.67 bits per heavy atom. The van der Waals surface area contributed by atoms with Crippen LogP contribution in [0.25, 0.3) is 22.3 Å². The van der Waals surface area contributed by atoms with E-state index in [4.69, 9.17) is 26.1 Å². The summed E-state index contributed by atoms with van der Waals surface area (Å²) in [6, 6.07) is 7.32. The first-order valence-electron chi connectivity index (χ1n) is 11.7. The summed E-state index contributed by atoms with van der Waals surface area (Å²) in [5.41, 5.74) is 3.71. The van der Waals surface area contributed by atoms with E-state index in [0.29, 0.717) is 52.6 Å². The normalized spacial score (nSPS) is 12.8. The fourth-order valence-corrected chi connectivity index (χ4v) is 4.71. The Kier molecular flexibility index (Phi) is 6.17. The SMILES string of the molecule is Cc1cc(C)c(CNC(=O)c2c(Cl)c(-c3ccc4c(c3)OCCO4)nc3c2cnn3C(C)C)c(=O)[nH]1. The highest BCUT2D eigenvalue weighted by atomic mass is 35.5. The lowest BCUT2D eigenvalue weighted by atomic mass is 10.0. The lowest BCUT2D eigenvalue weighted by molar-refractivity contribution is 0.0952. The quantitative estimate of drug-likeness (QED) is 0.415. The smallest absolute Gasteiger partial charge is 0.253 e. The average Bonchev–Trinajstić information content (AvgIpc) is 3.26. The van der Waals surface area contributed by atoms with E-state index in [0.717, 1.165) is 11.3 Å². The molecule has 1 aliphatic rings. The van der Waals surface area contributed by atoms with Crippen LogP contribution < -0.4 is 20.3 Å².